The van der Waals surface area contributed by atoms with Crippen LogP contribution < -0.4 is 0 Å². The number of carbonyl (C=O) groups excluding carboxylic acids is 1. The van der Waals surface area contributed by atoms with Gasteiger partial charge in [0.2, 0.25) is 0 Å². The van der Waals surface area contributed by atoms with Gasteiger partial charge >= 0.3 is 5.97 Å². The standard InChI is InChI=1S/C43H72O4/c1-3-5-7-9-11-13-14-15-16-17-18-19-20-21-22-23-24-25-26-27-28-29-31-33-35-37-39-46-41-42(40-44)47-43(45)38-36-34-32-30-12-10-8-6-4-2/h5,7,11,13,15-16,18-19,21-22,24-25,27-28,42,44H,3-4,6,8-10,12,14,17,20,23,26,29-41H2,1-2H3/b7-5-,13-11-,16-15-,19-18-,22-21-,25-24-,28-27-. The number of unbranched alkanes of at least 4 members (excludes halogenated alkanes) is 12. The van der Waals surface area contributed by atoms with Crippen LogP contribution in [0.1, 0.15) is 155 Å². The van der Waals surface area contributed by atoms with E-state index in [1.54, 1.807) is 0 Å². The second-order valence-corrected chi connectivity index (χ2v) is 12.3. The Balaban J connectivity index is 3.57. The molecule has 268 valence electrons. The molecule has 1 N–H and O–H groups in total. The molecule has 0 aliphatic carbocycles. The van der Waals surface area contributed by atoms with Gasteiger partial charge < -0.3 is 14.6 Å². The van der Waals surface area contributed by atoms with Crippen molar-refractivity contribution < 1.29 is 19.4 Å². The molecule has 0 aromatic heterocycles. The highest BCUT2D eigenvalue weighted by Gasteiger charge is 2.13. The van der Waals surface area contributed by atoms with Gasteiger partial charge in [0.05, 0.1) is 13.2 Å². The molecule has 0 aromatic rings. The van der Waals surface area contributed by atoms with Crippen LogP contribution in [-0.2, 0) is 14.3 Å². The Kier molecular flexibility index (Phi) is 37.7. The maximum atomic E-state index is 12.1. The summed E-state index contributed by atoms with van der Waals surface area (Å²) in [6.07, 6.45) is 54.9. The van der Waals surface area contributed by atoms with Gasteiger partial charge in [-0.05, 0) is 70.6 Å². The number of aliphatic hydroxyl groups excluding tert-OH is 1. The second kappa shape index (κ2) is 39.7. The van der Waals surface area contributed by atoms with Crippen LogP contribution >= 0.6 is 0 Å². The molecule has 47 heavy (non-hydrogen) atoms. The van der Waals surface area contributed by atoms with Gasteiger partial charge in [-0.2, -0.15) is 0 Å². The summed E-state index contributed by atoms with van der Waals surface area (Å²) >= 11 is 0. The van der Waals surface area contributed by atoms with Crippen molar-refractivity contribution in [2.45, 2.75) is 161 Å². The van der Waals surface area contributed by atoms with Crippen molar-refractivity contribution in [1.29, 1.82) is 0 Å². The maximum absolute atomic E-state index is 12.1. The van der Waals surface area contributed by atoms with E-state index in [0.29, 0.717) is 13.0 Å². The first-order valence-corrected chi connectivity index (χ1v) is 19.2. The Labute approximate surface area is 290 Å². The number of allylic oxidation sites excluding steroid dienone is 14. The molecule has 4 heteroatoms. The number of esters is 1. The molecular weight excluding hydrogens is 580 g/mol. The van der Waals surface area contributed by atoms with Crippen molar-refractivity contribution in [3.05, 3.63) is 85.1 Å². The normalized spacial score (nSPS) is 13.3. The van der Waals surface area contributed by atoms with E-state index in [0.717, 1.165) is 77.0 Å². The molecule has 0 fully saturated rings. The quantitative estimate of drug-likeness (QED) is 0.0427. The van der Waals surface area contributed by atoms with Gasteiger partial charge in [-0.3, -0.25) is 4.79 Å². The topological polar surface area (TPSA) is 55.8 Å². The van der Waals surface area contributed by atoms with Crippen molar-refractivity contribution in [3.8, 4) is 0 Å². The van der Waals surface area contributed by atoms with Crippen LogP contribution in [0, 0.1) is 0 Å². The fraction of sp³-hybridized carbons (Fsp3) is 0.651. The lowest BCUT2D eigenvalue weighted by atomic mass is 10.1. The molecule has 0 rings (SSSR count). The molecule has 4 nitrogen and oxygen atoms in total. The van der Waals surface area contributed by atoms with E-state index in [1.165, 1.54) is 57.8 Å². The minimum atomic E-state index is -0.549. The lowest BCUT2D eigenvalue weighted by molar-refractivity contribution is -0.154. The third kappa shape index (κ3) is 37.9. The highest BCUT2D eigenvalue weighted by Crippen LogP contribution is 2.11. The minimum Gasteiger partial charge on any atom is -0.457 e. The van der Waals surface area contributed by atoms with Gasteiger partial charge in [-0.1, -0.05) is 163 Å². The summed E-state index contributed by atoms with van der Waals surface area (Å²) in [5, 5.41) is 9.53. The fourth-order valence-corrected chi connectivity index (χ4v) is 4.89. The van der Waals surface area contributed by atoms with Gasteiger partial charge in [0.15, 0.2) is 0 Å². The van der Waals surface area contributed by atoms with Crippen molar-refractivity contribution in [2.24, 2.45) is 0 Å². The predicted molar refractivity (Wildman–Crippen MR) is 205 cm³/mol. The van der Waals surface area contributed by atoms with Crippen LogP contribution in [0.15, 0.2) is 85.1 Å². The third-order valence-electron chi connectivity index (χ3n) is 7.73. The summed E-state index contributed by atoms with van der Waals surface area (Å²) in [5.41, 5.74) is 0. The predicted octanol–water partition coefficient (Wildman–Crippen LogP) is 12.4. The Morgan fingerprint density at radius 1 is 0.532 bits per heavy atom. The molecule has 0 saturated carbocycles. The average Bonchev–Trinajstić information content (AvgIpc) is 3.08. The Hall–Kier alpha value is -2.43. The first-order valence-electron chi connectivity index (χ1n) is 19.2. The Bertz CT molecular complexity index is 861. The number of aliphatic hydroxyl groups is 1. The molecule has 1 atom stereocenters. The van der Waals surface area contributed by atoms with Crippen LogP contribution in [0.25, 0.3) is 0 Å². The molecule has 0 aromatic carbocycles. The zero-order chi connectivity index (χ0) is 34.1. The average molecular weight is 653 g/mol. The van der Waals surface area contributed by atoms with Gasteiger partial charge in [0.1, 0.15) is 6.10 Å². The minimum absolute atomic E-state index is 0.186. The molecule has 0 heterocycles. The largest absolute Gasteiger partial charge is 0.457 e. The summed E-state index contributed by atoms with van der Waals surface area (Å²) in [7, 11) is 0. The second-order valence-electron chi connectivity index (χ2n) is 12.3. The van der Waals surface area contributed by atoms with Crippen LogP contribution in [0.3, 0.4) is 0 Å². The first kappa shape index (κ1) is 44.6. The van der Waals surface area contributed by atoms with E-state index >= 15 is 0 Å². The highest BCUT2D eigenvalue weighted by molar-refractivity contribution is 5.69. The smallest absolute Gasteiger partial charge is 0.306 e. The van der Waals surface area contributed by atoms with E-state index < -0.39 is 6.10 Å². The molecule has 0 radical (unpaired) electrons. The Morgan fingerprint density at radius 2 is 0.957 bits per heavy atom. The molecule has 0 amide bonds. The van der Waals surface area contributed by atoms with E-state index in [9.17, 15) is 9.90 Å². The monoisotopic (exact) mass is 653 g/mol. The van der Waals surface area contributed by atoms with Crippen molar-refractivity contribution in [1.82, 2.24) is 0 Å². The fourth-order valence-electron chi connectivity index (χ4n) is 4.89. The summed E-state index contributed by atoms with van der Waals surface area (Å²) in [6, 6.07) is 0. The number of carbonyl (C=O) groups is 1. The molecule has 0 bridgehead atoms. The number of hydrogen-bond acceptors (Lipinski definition) is 4. The van der Waals surface area contributed by atoms with E-state index in [2.05, 4.69) is 98.9 Å². The zero-order valence-corrected chi connectivity index (χ0v) is 30.5. The van der Waals surface area contributed by atoms with Gasteiger partial charge in [-0.25, -0.2) is 0 Å². The Morgan fingerprint density at radius 3 is 1.45 bits per heavy atom. The third-order valence-corrected chi connectivity index (χ3v) is 7.73. The van der Waals surface area contributed by atoms with Crippen LogP contribution in [0.5, 0.6) is 0 Å². The maximum Gasteiger partial charge on any atom is 0.306 e. The van der Waals surface area contributed by atoms with Crippen LogP contribution in [0.4, 0.5) is 0 Å². The summed E-state index contributed by atoms with van der Waals surface area (Å²) < 4.78 is 11.1. The van der Waals surface area contributed by atoms with E-state index in [-0.39, 0.29) is 19.2 Å². The molecule has 0 aliphatic heterocycles. The molecular formula is C43H72O4. The molecule has 0 aliphatic rings. The lowest BCUT2D eigenvalue weighted by Crippen LogP contribution is -2.27. The van der Waals surface area contributed by atoms with Crippen molar-refractivity contribution >= 4 is 5.97 Å². The number of ether oxygens (including phenoxy) is 2. The molecule has 0 saturated heterocycles. The van der Waals surface area contributed by atoms with E-state index in [4.69, 9.17) is 9.47 Å². The first-order chi connectivity index (χ1) is 23.2. The highest BCUT2D eigenvalue weighted by atomic mass is 16.6. The summed E-state index contributed by atoms with van der Waals surface area (Å²) in [6.45, 7) is 5.13. The van der Waals surface area contributed by atoms with Crippen LogP contribution in [-0.4, -0.2) is 37.0 Å². The zero-order valence-electron chi connectivity index (χ0n) is 30.5. The lowest BCUT2D eigenvalue weighted by Gasteiger charge is -2.15. The summed E-state index contributed by atoms with van der Waals surface area (Å²) in [5.74, 6) is -0.218. The van der Waals surface area contributed by atoms with Crippen molar-refractivity contribution in [2.75, 3.05) is 19.8 Å². The van der Waals surface area contributed by atoms with Gasteiger partial charge in [-0.15, -0.1) is 0 Å². The van der Waals surface area contributed by atoms with E-state index in [1.807, 2.05) is 0 Å². The number of rotatable bonds is 34. The SMILES string of the molecule is CC/C=C\C/C=C\C/C=C\C/C=C\C/C=C\C/C=C\C/C=C\CCCCCCOCC(CO)OC(=O)CCCCCCCCCCC. The molecule has 0 spiro atoms. The van der Waals surface area contributed by atoms with Gasteiger partial charge in [0, 0.05) is 13.0 Å². The van der Waals surface area contributed by atoms with Gasteiger partial charge in [0.25, 0.3) is 0 Å². The number of hydrogen-bond donors (Lipinski definition) is 1. The molecule has 1 unspecified atom stereocenters. The van der Waals surface area contributed by atoms with Crippen LogP contribution in [0.2, 0.25) is 0 Å². The van der Waals surface area contributed by atoms with Crippen molar-refractivity contribution in [3.63, 3.8) is 0 Å². The summed E-state index contributed by atoms with van der Waals surface area (Å²) in [4.78, 5) is 12.1.